The zero-order valence-electron chi connectivity index (χ0n) is 14.3. The summed E-state index contributed by atoms with van der Waals surface area (Å²) in [5.41, 5.74) is 0.230. The van der Waals surface area contributed by atoms with E-state index < -0.39 is 11.9 Å². The maximum atomic E-state index is 12.0. The zero-order valence-corrected chi connectivity index (χ0v) is 14.3. The molecule has 1 heterocycles. The molecule has 126 valence electrons. The lowest BCUT2D eigenvalue weighted by Gasteiger charge is -2.22. The van der Waals surface area contributed by atoms with Crippen LogP contribution in [0.2, 0.25) is 0 Å². The Kier molecular flexibility index (Phi) is 4.82. The first-order valence-electron chi connectivity index (χ1n) is 7.68. The normalized spacial score (nSPS) is 13.6. The molecule has 1 aliphatic heterocycles. The fourth-order valence-electron chi connectivity index (χ4n) is 2.21. The number of fused-ring (bicyclic) bond motifs is 1. The summed E-state index contributed by atoms with van der Waals surface area (Å²) in [6.07, 6.45) is -0.515. The molecule has 0 atom stereocenters. The molecular formula is C17H22O6. The summed E-state index contributed by atoms with van der Waals surface area (Å²) in [6, 6.07) is 1.48. The molecule has 0 fully saturated rings. The Bertz CT molecular complexity index is 630. The van der Waals surface area contributed by atoms with Gasteiger partial charge in [-0.1, -0.05) is 0 Å². The second-order valence-corrected chi connectivity index (χ2v) is 6.13. The average molecular weight is 322 g/mol. The summed E-state index contributed by atoms with van der Waals surface area (Å²) in [5, 5.41) is 0. The molecule has 0 N–H and O–H groups in total. The van der Waals surface area contributed by atoms with E-state index in [-0.39, 0.29) is 35.2 Å². The Morgan fingerprint density at radius 2 is 1.30 bits per heavy atom. The highest BCUT2D eigenvalue weighted by atomic mass is 16.6. The van der Waals surface area contributed by atoms with Crippen molar-refractivity contribution in [1.29, 1.82) is 0 Å². The van der Waals surface area contributed by atoms with E-state index in [1.54, 1.807) is 0 Å². The second kappa shape index (κ2) is 6.48. The minimum atomic E-state index is -0.731. The van der Waals surface area contributed by atoms with Gasteiger partial charge in [0.1, 0.15) is 5.56 Å². The van der Waals surface area contributed by atoms with Crippen molar-refractivity contribution in [3.63, 3.8) is 0 Å². The van der Waals surface area contributed by atoms with Crippen LogP contribution in [0.5, 0.6) is 17.2 Å². The molecule has 0 aliphatic carbocycles. The van der Waals surface area contributed by atoms with Crippen LogP contribution < -0.4 is 14.2 Å². The van der Waals surface area contributed by atoms with Crippen LogP contribution in [0.15, 0.2) is 6.07 Å². The van der Waals surface area contributed by atoms with E-state index in [2.05, 4.69) is 0 Å². The third-order valence-corrected chi connectivity index (χ3v) is 2.88. The van der Waals surface area contributed by atoms with Gasteiger partial charge in [0, 0.05) is 0 Å². The molecule has 0 saturated carbocycles. The Labute approximate surface area is 135 Å². The van der Waals surface area contributed by atoms with Crippen molar-refractivity contribution in [2.24, 2.45) is 0 Å². The van der Waals surface area contributed by atoms with Gasteiger partial charge in [-0.05, 0) is 47.6 Å². The summed E-state index contributed by atoms with van der Waals surface area (Å²) < 4.78 is 22.0. The highest BCUT2D eigenvalue weighted by Gasteiger charge is 2.38. The number of hydrogen-bond acceptors (Lipinski definition) is 6. The predicted molar refractivity (Wildman–Crippen MR) is 83.5 cm³/mol. The van der Waals surface area contributed by atoms with E-state index >= 15 is 0 Å². The van der Waals surface area contributed by atoms with Gasteiger partial charge < -0.3 is 18.9 Å². The Balaban J connectivity index is 2.70. The van der Waals surface area contributed by atoms with Gasteiger partial charge in [0.25, 0.3) is 0 Å². The molecule has 23 heavy (non-hydrogen) atoms. The largest absolute Gasteiger partial charge is 0.487 e. The Morgan fingerprint density at radius 1 is 0.783 bits per heavy atom. The van der Waals surface area contributed by atoms with Crippen molar-refractivity contribution in [1.82, 2.24) is 0 Å². The molecule has 0 bridgehead atoms. The molecule has 0 spiro atoms. The zero-order chi connectivity index (χ0) is 17.3. The molecular weight excluding hydrogens is 300 g/mol. The van der Waals surface area contributed by atoms with Gasteiger partial charge in [0.15, 0.2) is 11.5 Å². The molecule has 0 radical (unpaired) electrons. The molecule has 0 aromatic heterocycles. The van der Waals surface area contributed by atoms with Crippen molar-refractivity contribution >= 4 is 11.9 Å². The van der Waals surface area contributed by atoms with Gasteiger partial charge in [0.05, 0.1) is 23.9 Å². The molecule has 0 amide bonds. The van der Waals surface area contributed by atoms with Crippen LogP contribution in [0, 0.1) is 0 Å². The molecule has 6 heteroatoms. The van der Waals surface area contributed by atoms with Crippen molar-refractivity contribution in [3.05, 3.63) is 17.2 Å². The van der Waals surface area contributed by atoms with Gasteiger partial charge in [-0.2, -0.15) is 0 Å². The van der Waals surface area contributed by atoms with E-state index in [4.69, 9.17) is 18.9 Å². The number of ether oxygens (including phenoxy) is 4. The fourth-order valence-corrected chi connectivity index (χ4v) is 2.21. The van der Waals surface area contributed by atoms with Gasteiger partial charge in [-0.15, -0.1) is 0 Å². The Morgan fingerprint density at radius 3 is 1.83 bits per heavy atom. The van der Waals surface area contributed by atoms with Gasteiger partial charge in [-0.3, -0.25) is 0 Å². The standard InChI is InChI=1S/C17H22O6/c1-8(2)20-12-7-11-13(17(19)23-16(11)18)15(22-10(5)6)14(12)21-9(3)4/h7-10H,1-6H3. The first-order chi connectivity index (χ1) is 10.7. The van der Waals surface area contributed by atoms with Gasteiger partial charge in [0.2, 0.25) is 5.75 Å². The highest BCUT2D eigenvalue weighted by molar-refractivity contribution is 6.17. The number of esters is 2. The Hall–Kier alpha value is -2.24. The van der Waals surface area contributed by atoms with E-state index in [0.29, 0.717) is 11.5 Å². The van der Waals surface area contributed by atoms with Gasteiger partial charge >= 0.3 is 11.9 Å². The van der Waals surface area contributed by atoms with Crippen LogP contribution in [0.3, 0.4) is 0 Å². The number of hydrogen-bond donors (Lipinski definition) is 0. The van der Waals surface area contributed by atoms with Crippen LogP contribution >= 0.6 is 0 Å². The molecule has 1 aliphatic rings. The van der Waals surface area contributed by atoms with Crippen LogP contribution in [0.1, 0.15) is 62.3 Å². The number of carbonyl (C=O) groups is 2. The van der Waals surface area contributed by atoms with E-state index in [1.807, 2.05) is 41.5 Å². The monoisotopic (exact) mass is 322 g/mol. The topological polar surface area (TPSA) is 71.1 Å². The van der Waals surface area contributed by atoms with Crippen LogP contribution in [0.4, 0.5) is 0 Å². The van der Waals surface area contributed by atoms with Crippen molar-refractivity contribution < 1.29 is 28.5 Å². The smallest absolute Gasteiger partial charge is 0.350 e. The third kappa shape index (κ3) is 3.57. The lowest BCUT2D eigenvalue weighted by atomic mass is 10.1. The van der Waals surface area contributed by atoms with Crippen molar-refractivity contribution in [3.8, 4) is 17.2 Å². The summed E-state index contributed by atoms with van der Waals surface area (Å²) in [6.45, 7) is 11.1. The summed E-state index contributed by atoms with van der Waals surface area (Å²) in [7, 11) is 0. The van der Waals surface area contributed by atoms with Crippen molar-refractivity contribution in [2.75, 3.05) is 0 Å². The molecule has 6 nitrogen and oxygen atoms in total. The minimum Gasteiger partial charge on any atom is -0.487 e. The predicted octanol–water partition coefficient (Wildman–Crippen LogP) is 3.36. The third-order valence-electron chi connectivity index (χ3n) is 2.88. The minimum absolute atomic E-state index is 0.0930. The summed E-state index contributed by atoms with van der Waals surface area (Å²) >= 11 is 0. The second-order valence-electron chi connectivity index (χ2n) is 6.13. The van der Waals surface area contributed by atoms with E-state index in [1.165, 1.54) is 6.07 Å². The number of carbonyl (C=O) groups excluding carboxylic acids is 2. The SMILES string of the molecule is CC(C)Oc1cc2c(c(OC(C)C)c1OC(C)C)C(=O)OC2=O. The first kappa shape index (κ1) is 17.1. The number of rotatable bonds is 6. The summed E-state index contributed by atoms with van der Waals surface area (Å²) in [5.74, 6) is -0.575. The molecule has 1 aromatic carbocycles. The summed E-state index contributed by atoms with van der Waals surface area (Å²) in [4.78, 5) is 23.9. The van der Waals surface area contributed by atoms with Crippen LogP contribution in [-0.2, 0) is 4.74 Å². The lowest BCUT2D eigenvalue weighted by molar-refractivity contribution is 0.0441. The van der Waals surface area contributed by atoms with Crippen LogP contribution in [-0.4, -0.2) is 30.3 Å². The number of cyclic esters (lactones) is 2. The molecule has 0 unspecified atom stereocenters. The van der Waals surface area contributed by atoms with Crippen LogP contribution in [0.25, 0.3) is 0 Å². The average Bonchev–Trinajstić information content (AvgIpc) is 2.66. The maximum absolute atomic E-state index is 12.0. The van der Waals surface area contributed by atoms with Crippen molar-refractivity contribution in [2.45, 2.75) is 59.9 Å². The van der Waals surface area contributed by atoms with Gasteiger partial charge in [-0.25, -0.2) is 9.59 Å². The molecule has 2 rings (SSSR count). The fraction of sp³-hybridized carbons (Fsp3) is 0.529. The number of benzene rings is 1. The quantitative estimate of drug-likeness (QED) is 0.591. The van der Waals surface area contributed by atoms with E-state index in [0.717, 1.165) is 0 Å². The highest BCUT2D eigenvalue weighted by Crippen LogP contribution is 2.46. The van der Waals surface area contributed by atoms with E-state index in [9.17, 15) is 9.59 Å². The maximum Gasteiger partial charge on any atom is 0.350 e. The molecule has 0 saturated heterocycles. The molecule has 1 aromatic rings. The first-order valence-corrected chi connectivity index (χ1v) is 7.68. The lowest BCUT2D eigenvalue weighted by Crippen LogP contribution is -2.16.